The SMILES string of the molecule is COC(=O)C[C@@H](c1cccnc1)c1oc(CSc2ccccc2Cl)cc(=O)c1O. The molecule has 1 atom stereocenters. The van der Waals surface area contributed by atoms with Crippen molar-refractivity contribution in [3.05, 3.63) is 87.2 Å². The first-order chi connectivity index (χ1) is 14.0. The van der Waals surface area contributed by atoms with Gasteiger partial charge in [0.15, 0.2) is 5.76 Å². The third-order valence-corrected chi connectivity index (χ3v) is 5.75. The molecule has 2 heterocycles. The van der Waals surface area contributed by atoms with Crippen molar-refractivity contribution < 1.29 is 19.1 Å². The van der Waals surface area contributed by atoms with Crippen LogP contribution in [0.15, 0.2) is 69.0 Å². The molecule has 3 rings (SSSR count). The maximum absolute atomic E-state index is 12.4. The highest BCUT2D eigenvalue weighted by molar-refractivity contribution is 7.98. The van der Waals surface area contributed by atoms with Crippen LogP contribution >= 0.6 is 23.4 Å². The molecule has 0 aliphatic carbocycles. The van der Waals surface area contributed by atoms with Crippen LogP contribution in [-0.2, 0) is 15.3 Å². The first-order valence-electron chi connectivity index (χ1n) is 8.69. The van der Waals surface area contributed by atoms with Gasteiger partial charge >= 0.3 is 5.97 Å². The Morgan fingerprint density at radius 2 is 2.10 bits per heavy atom. The Hall–Kier alpha value is -2.77. The summed E-state index contributed by atoms with van der Waals surface area (Å²) in [6.45, 7) is 0. The lowest BCUT2D eigenvalue weighted by atomic mass is 9.93. The van der Waals surface area contributed by atoms with Gasteiger partial charge in [-0.3, -0.25) is 14.6 Å². The molecule has 6 nitrogen and oxygen atoms in total. The zero-order valence-electron chi connectivity index (χ0n) is 15.5. The summed E-state index contributed by atoms with van der Waals surface area (Å²) in [6, 6.07) is 12.0. The fourth-order valence-electron chi connectivity index (χ4n) is 2.77. The Morgan fingerprint density at radius 3 is 2.79 bits per heavy atom. The van der Waals surface area contributed by atoms with E-state index in [4.69, 9.17) is 20.8 Å². The molecule has 0 spiro atoms. The Kier molecular flexibility index (Phi) is 6.95. The second kappa shape index (κ2) is 9.62. The van der Waals surface area contributed by atoms with Gasteiger partial charge in [-0.05, 0) is 23.8 Å². The van der Waals surface area contributed by atoms with Crippen molar-refractivity contribution >= 4 is 29.3 Å². The average Bonchev–Trinajstić information content (AvgIpc) is 2.74. The molecule has 0 saturated heterocycles. The smallest absolute Gasteiger partial charge is 0.306 e. The number of thioether (sulfide) groups is 1. The highest BCUT2D eigenvalue weighted by Gasteiger charge is 2.26. The van der Waals surface area contributed by atoms with Crippen molar-refractivity contribution in [3.63, 3.8) is 0 Å². The summed E-state index contributed by atoms with van der Waals surface area (Å²) in [5.74, 6) is -1.07. The summed E-state index contributed by atoms with van der Waals surface area (Å²) in [6.07, 6.45) is 3.03. The van der Waals surface area contributed by atoms with E-state index < -0.39 is 23.1 Å². The molecule has 8 heteroatoms. The van der Waals surface area contributed by atoms with Gasteiger partial charge in [-0.2, -0.15) is 0 Å². The first kappa shape index (κ1) is 21.0. The third kappa shape index (κ3) is 5.19. The second-order valence-corrected chi connectivity index (χ2v) is 7.55. The number of nitrogens with zero attached hydrogens (tertiary/aromatic N) is 1. The number of rotatable bonds is 7. The van der Waals surface area contributed by atoms with Gasteiger partial charge in [0, 0.05) is 23.4 Å². The van der Waals surface area contributed by atoms with E-state index in [-0.39, 0.29) is 12.2 Å². The van der Waals surface area contributed by atoms with E-state index >= 15 is 0 Å². The number of aromatic nitrogens is 1. The van der Waals surface area contributed by atoms with Gasteiger partial charge in [0.05, 0.1) is 30.2 Å². The number of aromatic hydroxyl groups is 1. The fraction of sp³-hybridized carbons (Fsp3) is 0.190. The Balaban J connectivity index is 1.96. The lowest BCUT2D eigenvalue weighted by molar-refractivity contribution is -0.140. The number of hydrogen-bond acceptors (Lipinski definition) is 7. The Morgan fingerprint density at radius 1 is 1.31 bits per heavy atom. The van der Waals surface area contributed by atoms with Crippen LogP contribution in [0.25, 0.3) is 0 Å². The van der Waals surface area contributed by atoms with E-state index in [1.165, 1.54) is 24.9 Å². The van der Waals surface area contributed by atoms with Crippen LogP contribution in [0.4, 0.5) is 0 Å². The lowest BCUT2D eigenvalue weighted by Gasteiger charge is -2.17. The number of pyridine rings is 1. The maximum Gasteiger partial charge on any atom is 0.306 e. The standard InChI is InChI=1S/C21H18ClNO5S/c1-27-19(25)10-15(13-5-4-8-23-11-13)21-20(26)17(24)9-14(28-21)12-29-18-7-3-2-6-16(18)22/h2-9,11,15,26H,10,12H2,1H3/t15-/m0/s1. The summed E-state index contributed by atoms with van der Waals surface area (Å²) in [4.78, 5) is 29.2. The predicted molar refractivity (Wildman–Crippen MR) is 110 cm³/mol. The van der Waals surface area contributed by atoms with Crippen LogP contribution in [0.3, 0.4) is 0 Å². The largest absolute Gasteiger partial charge is 0.502 e. The summed E-state index contributed by atoms with van der Waals surface area (Å²) in [5.41, 5.74) is 0.0343. The van der Waals surface area contributed by atoms with Gasteiger partial charge < -0.3 is 14.3 Å². The molecule has 0 unspecified atom stereocenters. The van der Waals surface area contributed by atoms with Crippen molar-refractivity contribution in [1.29, 1.82) is 0 Å². The molecule has 3 aromatic rings. The minimum atomic E-state index is -0.714. The van der Waals surface area contributed by atoms with Crippen molar-refractivity contribution in [2.24, 2.45) is 0 Å². The van der Waals surface area contributed by atoms with Crippen LogP contribution in [0.5, 0.6) is 5.75 Å². The molecule has 0 saturated carbocycles. The molecule has 0 amide bonds. The molecule has 150 valence electrons. The van der Waals surface area contributed by atoms with Crippen LogP contribution < -0.4 is 5.43 Å². The van der Waals surface area contributed by atoms with Crippen LogP contribution in [0, 0.1) is 0 Å². The number of ether oxygens (including phenoxy) is 1. The highest BCUT2D eigenvalue weighted by atomic mass is 35.5. The van der Waals surface area contributed by atoms with Crippen molar-refractivity contribution in [1.82, 2.24) is 4.98 Å². The molecule has 2 aromatic heterocycles. The zero-order chi connectivity index (χ0) is 20.8. The minimum Gasteiger partial charge on any atom is -0.502 e. The van der Waals surface area contributed by atoms with Crippen molar-refractivity contribution in [3.8, 4) is 5.75 Å². The summed E-state index contributed by atoms with van der Waals surface area (Å²) in [5, 5.41) is 11.0. The number of methoxy groups -OCH3 is 1. The molecule has 0 aliphatic rings. The minimum absolute atomic E-state index is 0.00524. The maximum atomic E-state index is 12.4. The number of carbonyl (C=O) groups is 1. The molecule has 0 bridgehead atoms. The molecule has 0 aliphatic heterocycles. The van der Waals surface area contributed by atoms with Crippen LogP contribution in [-0.4, -0.2) is 23.2 Å². The highest BCUT2D eigenvalue weighted by Crippen LogP contribution is 2.35. The molecule has 0 radical (unpaired) electrons. The predicted octanol–water partition coefficient (Wildman–Crippen LogP) is 4.38. The quantitative estimate of drug-likeness (QED) is 0.438. The zero-order valence-corrected chi connectivity index (χ0v) is 17.1. The van der Waals surface area contributed by atoms with Gasteiger partial charge in [-0.1, -0.05) is 29.8 Å². The van der Waals surface area contributed by atoms with E-state index in [0.717, 1.165) is 4.90 Å². The average molecular weight is 432 g/mol. The molecule has 29 heavy (non-hydrogen) atoms. The van der Waals surface area contributed by atoms with Gasteiger partial charge in [0.25, 0.3) is 0 Å². The Bertz CT molecular complexity index is 1050. The van der Waals surface area contributed by atoms with Crippen LogP contribution in [0.1, 0.15) is 29.4 Å². The number of carbonyl (C=O) groups excluding carboxylic acids is 1. The fourth-order valence-corrected chi connectivity index (χ4v) is 3.89. The normalized spacial score (nSPS) is 11.8. The topological polar surface area (TPSA) is 89.6 Å². The van der Waals surface area contributed by atoms with Gasteiger partial charge in [0.2, 0.25) is 11.2 Å². The van der Waals surface area contributed by atoms with Gasteiger partial charge in [-0.25, -0.2) is 0 Å². The van der Waals surface area contributed by atoms with E-state index in [0.29, 0.717) is 22.1 Å². The van der Waals surface area contributed by atoms with Crippen molar-refractivity contribution in [2.75, 3.05) is 7.11 Å². The van der Waals surface area contributed by atoms with Gasteiger partial charge in [-0.15, -0.1) is 11.8 Å². The molecular formula is C21H18ClNO5S. The number of halogens is 1. The van der Waals surface area contributed by atoms with E-state index in [1.54, 1.807) is 30.6 Å². The molecule has 0 fully saturated rings. The summed E-state index contributed by atoms with van der Waals surface area (Å²) < 4.78 is 10.6. The summed E-state index contributed by atoms with van der Waals surface area (Å²) >= 11 is 7.57. The van der Waals surface area contributed by atoms with Crippen LogP contribution in [0.2, 0.25) is 5.02 Å². The molecule has 1 aromatic carbocycles. The number of hydrogen-bond donors (Lipinski definition) is 1. The number of benzene rings is 1. The summed E-state index contributed by atoms with van der Waals surface area (Å²) in [7, 11) is 1.27. The van der Waals surface area contributed by atoms with E-state index in [9.17, 15) is 14.7 Å². The van der Waals surface area contributed by atoms with E-state index in [1.807, 2.05) is 18.2 Å². The van der Waals surface area contributed by atoms with Gasteiger partial charge in [0.1, 0.15) is 5.76 Å². The lowest BCUT2D eigenvalue weighted by Crippen LogP contribution is -2.14. The molecular weight excluding hydrogens is 414 g/mol. The monoisotopic (exact) mass is 431 g/mol. The molecule has 1 N–H and O–H groups in total. The van der Waals surface area contributed by atoms with E-state index in [2.05, 4.69) is 4.98 Å². The second-order valence-electron chi connectivity index (χ2n) is 6.13. The third-order valence-electron chi connectivity index (χ3n) is 4.21. The van der Waals surface area contributed by atoms with Crippen molar-refractivity contribution in [2.45, 2.75) is 23.0 Å². The first-order valence-corrected chi connectivity index (χ1v) is 10.1. The number of esters is 1. The Labute approximate surface area is 176 Å².